The van der Waals surface area contributed by atoms with Crippen molar-refractivity contribution in [1.82, 2.24) is 0 Å². The van der Waals surface area contributed by atoms with Crippen molar-refractivity contribution in [1.29, 1.82) is 0 Å². The lowest BCUT2D eigenvalue weighted by atomic mass is 9.68. The number of phenolic OH excluding ortho intramolecular Hbond substituents is 4. The van der Waals surface area contributed by atoms with E-state index in [2.05, 4.69) is 13.8 Å². The highest BCUT2D eigenvalue weighted by Crippen LogP contribution is 2.47. The standard InChI is InChI=1S/C25H24O6/c1-13-9-17-11-23(31-25(30)15-3-6-18(26)7-4-15)22(29)12-19(17)24(14(13)2)16-5-8-20(27)21(28)10-16/h3-8,10-14,24,26-29H,9H2,1-2H3/t13-,14+,24+/m0/s1. The number of fused-ring (bicyclic) bond motifs is 1. The lowest BCUT2D eigenvalue weighted by Crippen LogP contribution is -2.27. The van der Waals surface area contributed by atoms with E-state index in [0.717, 1.165) is 23.1 Å². The fraction of sp³-hybridized carbons (Fsp3) is 0.240. The summed E-state index contributed by atoms with van der Waals surface area (Å²) in [6.07, 6.45) is 0.751. The van der Waals surface area contributed by atoms with Crippen LogP contribution in [0, 0.1) is 11.8 Å². The average molecular weight is 420 g/mol. The number of carbonyl (C=O) groups is 1. The molecule has 1 aliphatic rings. The number of rotatable bonds is 3. The zero-order valence-electron chi connectivity index (χ0n) is 17.2. The molecule has 4 rings (SSSR count). The molecule has 0 bridgehead atoms. The number of esters is 1. The first-order valence-electron chi connectivity index (χ1n) is 10.1. The van der Waals surface area contributed by atoms with Crippen molar-refractivity contribution in [2.24, 2.45) is 11.8 Å². The van der Waals surface area contributed by atoms with Crippen molar-refractivity contribution in [2.45, 2.75) is 26.2 Å². The predicted octanol–water partition coefficient (Wildman–Crippen LogP) is 4.69. The highest BCUT2D eigenvalue weighted by Gasteiger charge is 2.34. The number of hydrogen-bond donors (Lipinski definition) is 4. The van der Waals surface area contributed by atoms with Crippen molar-refractivity contribution < 1.29 is 30.0 Å². The second-order valence-electron chi connectivity index (χ2n) is 8.22. The van der Waals surface area contributed by atoms with Crippen LogP contribution in [0.25, 0.3) is 0 Å². The predicted molar refractivity (Wildman–Crippen MR) is 115 cm³/mol. The molecule has 0 aliphatic heterocycles. The highest BCUT2D eigenvalue weighted by atomic mass is 16.5. The summed E-state index contributed by atoms with van der Waals surface area (Å²) in [5, 5.41) is 39.7. The van der Waals surface area contributed by atoms with Gasteiger partial charge in [0.05, 0.1) is 5.56 Å². The summed E-state index contributed by atoms with van der Waals surface area (Å²) >= 11 is 0. The Balaban J connectivity index is 1.71. The van der Waals surface area contributed by atoms with Crippen molar-refractivity contribution in [3.8, 4) is 28.7 Å². The van der Waals surface area contributed by atoms with Gasteiger partial charge < -0.3 is 25.2 Å². The molecule has 3 aromatic carbocycles. The van der Waals surface area contributed by atoms with Gasteiger partial charge >= 0.3 is 5.97 Å². The van der Waals surface area contributed by atoms with E-state index in [1.165, 1.54) is 30.3 Å². The first kappa shape index (κ1) is 20.6. The van der Waals surface area contributed by atoms with Crippen molar-refractivity contribution in [3.05, 3.63) is 76.9 Å². The third kappa shape index (κ3) is 3.89. The van der Waals surface area contributed by atoms with Gasteiger partial charge in [0.15, 0.2) is 23.0 Å². The van der Waals surface area contributed by atoms with Crippen LogP contribution in [0.4, 0.5) is 0 Å². The smallest absolute Gasteiger partial charge is 0.343 e. The zero-order valence-corrected chi connectivity index (χ0v) is 17.2. The van der Waals surface area contributed by atoms with Crippen LogP contribution in [0.3, 0.4) is 0 Å². The number of carbonyl (C=O) groups excluding carboxylic acids is 1. The Morgan fingerprint density at radius 2 is 1.58 bits per heavy atom. The largest absolute Gasteiger partial charge is 0.508 e. The molecule has 0 aromatic heterocycles. The Morgan fingerprint density at radius 1 is 0.871 bits per heavy atom. The second kappa shape index (κ2) is 7.87. The average Bonchev–Trinajstić information content (AvgIpc) is 2.73. The first-order chi connectivity index (χ1) is 14.7. The van der Waals surface area contributed by atoms with Crippen LogP contribution in [-0.2, 0) is 6.42 Å². The molecule has 4 N–H and O–H groups in total. The summed E-state index contributed by atoms with van der Waals surface area (Å²) < 4.78 is 5.43. The molecule has 6 nitrogen and oxygen atoms in total. The molecule has 0 amide bonds. The van der Waals surface area contributed by atoms with Gasteiger partial charge in [-0.15, -0.1) is 0 Å². The fourth-order valence-corrected chi connectivity index (χ4v) is 4.29. The molecule has 0 saturated carbocycles. The molecule has 0 unspecified atom stereocenters. The van der Waals surface area contributed by atoms with E-state index < -0.39 is 5.97 Å². The number of hydrogen-bond acceptors (Lipinski definition) is 6. The van der Waals surface area contributed by atoms with E-state index in [1.807, 2.05) is 0 Å². The summed E-state index contributed by atoms with van der Waals surface area (Å²) in [4.78, 5) is 12.5. The molecule has 0 fully saturated rings. The molecule has 0 heterocycles. The molecular formula is C25H24O6. The molecule has 0 spiro atoms. The second-order valence-corrected chi connectivity index (χ2v) is 8.22. The van der Waals surface area contributed by atoms with Crippen LogP contribution in [-0.4, -0.2) is 26.4 Å². The van der Waals surface area contributed by atoms with Crippen LogP contribution in [0.2, 0.25) is 0 Å². The van der Waals surface area contributed by atoms with Gasteiger partial charge in [0.1, 0.15) is 5.75 Å². The van der Waals surface area contributed by atoms with Crippen LogP contribution in [0.1, 0.15) is 46.8 Å². The molecule has 6 heteroatoms. The number of aromatic hydroxyl groups is 4. The Labute approximate surface area is 180 Å². The zero-order chi connectivity index (χ0) is 22.3. The Kier molecular flexibility index (Phi) is 5.23. The number of phenols is 4. The minimum Gasteiger partial charge on any atom is -0.508 e. The maximum Gasteiger partial charge on any atom is 0.343 e. The Morgan fingerprint density at radius 3 is 2.26 bits per heavy atom. The maximum atomic E-state index is 12.5. The van der Waals surface area contributed by atoms with Gasteiger partial charge in [0, 0.05) is 5.92 Å². The van der Waals surface area contributed by atoms with Gasteiger partial charge in [-0.05, 0) is 83.5 Å². The summed E-state index contributed by atoms with van der Waals surface area (Å²) in [6, 6.07) is 13.8. The summed E-state index contributed by atoms with van der Waals surface area (Å²) in [5.74, 6) is -0.604. The molecular weight excluding hydrogens is 396 g/mol. The van der Waals surface area contributed by atoms with Crippen molar-refractivity contribution in [2.75, 3.05) is 0 Å². The number of ether oxygens (including phenoxy) is 1. The van der Waals surface area contributed by atoms with Crippen LogP contribution < -0.4 is 4.74 Å². The van der Waals surface area contributed by atoms with Crippen LogP contribution >= 0.6 is 0 Å². The minimum absolute atomic E-state index is 0.0441. The number of benzene rings is 3. The Hall–Kier alpha value is -3.67. The van der Waals surface area contributed by atoms with Gasteiger partial charge in [0.2, 0.25) is 0 Å². The molecule has 0 radical (unpaired) electrons. The van der Waals surface area contributed by atoms with Crippen molar-refractivity contribution >= 4 is 5.97 Å². The monoisotopic (exact) mass is 420 g/mol. The normalized spacial score (nSPS) is 20.1. The summed E-state index contributed by atoms with van der Waals surface area (Å²) in [6.45, 7) is 4.26. The first-order valence-corrected chi connectivity index (χ1v) is 10.1. The molecule has 160 valence electrons. The highest BCUT2D eigenvalue weighted by molar-refractivity contribution is 5.91. The summed E-state index contributed by atoms with van der Waals surface area (Å²) in [5.41, 5.74) is 2.95. The van der Waals surface area contributed by atoms with E-state index in [-0.39, 0.29) is 46.1 Å². The van der Waals surface area contributed by atoms with Gasteiger partial charge in [-0.25, -0.2) is 4.79 Å². The van der Waals surface area contributed by atoms with Gasteiger partial charge in [0.25, 0.3) is 0 Å². The SMILES string of the molecule is C[C@H]1[C@H](c2ccc(O)c(O)c2)c2cc(O)c(OC(=O)c3ccc(O)cc3)cc2C[C@@H]1C. The third-order valence-corrected chi connectivity index (χ3v) is 6.19. The molecule has 31 heavy (non-hydrogen) atoms. The van der Waals surface area contributed by atoms with E-state index >= 15 is 0 Å². The fourth-order valence-electron chi connectivity index (χ4n) is 4.29. The molecule has 1 aliphatic carbocycles. The van der Waals surface area contributed by atoms with Gasteiger partial charge in [-0.3, -0.25) is 0 Å². The molecule has 3 aromatic rings. The third-order valence-electron chi connectivity index (χ3n) is 6.19. The maximum absolute atomic E-state index is 12.5. The van der Waals surface area contributed by atoms with Gasteiger partial charge in [-0.2, -0.15) is 0 Å². The van der Waals surface area contributed by atoms with Gasteiger partial charge in [-0.1, -0.05) is 19.9 Å². The quantitative estimate of drug-likeness (QED) is 0.278. The molecule has 3 atom stereocenters. The topological polar surface area (TPSA) is 107 Å². The molecule has 0 saturated heterocycles. The van der Waals surface area contributed by atoms with E-state index in [4.69, 9.17) is 4.74 Å². The lowest BCUT2D eigenvalue weighted by molar-refractivity contribution is 0.0729. The van der Waals surface area contributed by atoms with E-state index in [0.29, 0.717) is 5.92 Å². The van der Waals surface area contributed by atoms with Crippen LogP contribution in [0.5, 0.6) is 28.7 Å². The van der Waals surface area contributed by atoms with E-state index in [1.54, 1.807) is 24.3 Å². The lowest BCUT2D eigenvalue weighted by Gasteiger charge is -2.37. The summed E-state index contributed by atoms with van der Waals surface area (Å²) in [7, 11) is 0. The minimum atomic E-state index is -0.632. The Bertz CT molecular complexity index is 1140. The van der Waals surface area contributed by atoms with Crippen molar-refractivity contribution in [3.63, 3.8) is 0 Å². The van der Waals surface area contributed by atoms with Crippen LogP contribution in [0.15, 0.2) is 54.6 Å². The van der Waals surface area contributed by atoms with E-state index in [9.17, 15) is 25.2 Å².